The molecule has 1 saturated carbocycles. The zero-order chi connectivity index (χ0) is 11.5. The Hall–Kier alpha value is -0.780. The number of carbonyl (C=O) groups excluding carboxylic acids is 1. The van der Waals surface area contributed by atoms with Crippen molar-refractivity contribution in [2.75, 3.05) is 6.54 Å². The van der Waals surface area contributed by atoms with Crippen molar-refractivity contribution >= 4 is 5.97 Å². The number of esters is 1. The molecule has 1 aliphatic carbocycles. The third-order valence-electron chi connectivity index (χ3n) is 2.63. The highest BCUT2D eigenvalue weighted by Crippen LogP contribution is 2.27. The van der Waals surface area contributed by atoms with Crippen molar-refractivity contribution in [1.29, 1.82) is 0 Å². The van der Waals surface area contributed by atoms with Crippen LogP contribution < -0.4 is 5.73 Å². The van der Waals surface area contributed by atoms with Gasteiger partial charge >= 0.3 is 12.1 Å². The van der Waals surface area contributed by atoms with E-state index in [1.165, 1.54) is 0 Å². The molecule has 0 aromatic heterocycles. The van der Waals surface area contributed by atoms with Crippen molar-refractivity contribution < 1.29 is 22.7 Å². The summed E-state index contributed by atoms with van der Waals surface area (Å²) in [7, 11) is 0. The van der Waals surface area contributed by atoms with Gasteiger partial charge in [-0.3, -0.25) is 0 Å². The average molecular weight is 225 g/mol. The van der Waals surface area contributed by atoms with E-state index in [0.717, 1.165) is 12.8 Å². The molecule has 3 nitrogen and oxygen atoms in total. The van der Waals surface area contributed by atoms with Crippen LogP contribution in [0.2, 0.25) is 0 Å². The molecule has 0 heterocycles. The van der Waals surface area contributed by atoms with Crippen molar-refractivity contribution in [3.8, 4) is 0 Å². The summed E-state index contributed by atoms with van der Waals surface area (Å²) in [4.78, 5) is 10.5. The summed E-state index contributed by atoms with van der Waals surface area (Å²) in [5.74, 6) is -1.73. The smallest absolute Gasteiger partial charge is 0.456 e. The van der Waals surface area contributed by atoms with E-state index in [9.17, 15) is 18.0 Å². The molecule has 0 aliphatic heterocycles. The predicted octanol–water partition coefficient (Wildman–Crippen LogP) is 1.61. The van der Waals surface area contributed by atoms with Gasteiger partial charge in [0.05, 0.1) is 0 Å². The molecule has 2 N–H and O–H groups in total. The highest BCUT2D eigenvalue weighted by Gasteiger charge is 2.42. The number of hydrogen-bond donors (Lipinski definition) is 1. The van der Waals surface area contributed by atoms with E-state index in [0.29, 0.717) is 25.3 Å². The van der Waals surface area contributed by atoms with Crippen molar-refractivity contribution in [1.82, 2.24) is 0 Å². The molecule has 15 heavy (non-hydrogen) atoms. The van der Waals surface area contributed by atoms with Gasteiger partial charge in [-0.05, 0) is 38.1 Å². The zero-order valence-corrected chi connectivity index (χ0v) is 8.22. The van der Waals surface area contributed by atoms with Gasteiger partial charge in [-0.1, -0.05) is 0 Å². The van der Waals surface area contributed by atoms with E-state index >= 15 is 0 Å². The molecule has 0 bridgehead atoms. The van der Waals surface area contributed by atoms with Crippen LogP contribution in [0.1, 0.15) is 25.7 Å². The lowest BCUT2D eigenvalue weighted by molar-refractivity contribution is -0.206. The van der Waals surface area contributed by atoms with Crippen LogP contribution in [-0.2, 0) is 9.53 Å². The van der Waals surface area contributed by atoms with Crippen molar-refractivity contribution in [2.45, 2.75) is 38.0 Å². The fourth-order valence-corrected chi connectivity index (χ4v) is 1.70. The van der Waals surface area contributed by atoms with Gasteiger partial charge in [0, 0.05) is 0 Å². The van der Waals surface area contributed by atoms with Gasteiger partial charge in [0.2, 0.25) is 0 Å². The first-order valence-corrected chi connectivity index (χ1v) is 4.91. The maximum Gasteiger partial charge on any atom is 0.490 e. The quantitative estimate of drug-likeness (QED) is 0.726. The minimum absolute atomic E-state index is 0.353. The maximum atomic E-state index is 11.9. The van der Waals surface area contributed by atoms with Crippen LogP contribution in [0.25, 0.3) is 0 Å². The predicted molar refractivity (Wildman–Crippen MR) is 46.9 cm³/mol. The first-order valence-electron chi connectivity index (χ1n) is 4.91. The standard InChI is InChI=1S/C9H14F3NO2/c10-9(11,12)8(14)15-7-3-1-6(5-13)2-4-7/h6-7H,1-5,13H2/t6-,7-. The summed E-state index contributed by atoms with van der Waals surface area (Å²) in [6.07, 6.45) is -3.07. The Bertz CT molecular complexity index is 222. The van der Waals surface area contributed by atoms with Crippen LogP contribution in [0.5, 0.6) is 0 Å². The SMILES string of the molecule is NC[C@H]1CC[C@H](OC(=O)C(F)(F)F)CC1. The second kappa shape index (κ2) is 4.83. The second-order valence-electron chi connectivity index (χ2n) is 3.78. The molecule has 1 fully saturated rings. The van der Waals surface area contributed by atoms with Crippen LogP contribution in [0.15, 0.2) is 0 Å². The molecule has 1 aliphatic rings. The third-order valence-corrected chi connectivity index (χ3v) is 2.63. The van der Waals surface area contributed by atoms with Crippen LogP contribution in [0, 0.1) is 5.92 Å². The number of hydrogen-bond acceptors (Lipinski definition) is 3. The minimum atomic E-state index is -4.88. The van der Waals surface area contributed by atoms with Crippen LogP contribution in [-0.4, -0.2) is 24.8 Å². The fourth-order valence-electron chi connectivity index (χ4n) is 1.70. The topological polar surface area (TPSA) is 52.3 Å². The Kier molecular flexibility index (Phi) is 3.96. The van der Waals surface area contributed by atoms with Crippen LogP contribution in [0.3, 0.4) is 0 Å². The van der Waals surface area contributed by atoms with E-state index in [1.807, 2.05) is 0 Å². The first kappa shape index (κ1) is 12.3. The maximum absolute atomic E-state index is 11.9. The highest BCUT2D eigenvalue weighted by molar-refractivity contribution is 5.75. The molecule has 0 unspecified atom stereocenters. The van der Waals surface area contributed by atoms with Crippen molar-refractivity contribution in [2.24, 2.45) is 11.7 Å². The lowest BCUT2D eigenvalue weighted by Crippen LogP contribution is -2.33. The van der Waals surface area contributed by atoms with E-state index in [-0.39, 0.29) is 0 Å². The Morgan fingerprint density at radius 1 is 1.27 bits per heavy atom. The molecule has 0 saturated heterocycles. The third kappa shape index (κ3) is 3.70. The van der Waals surface area contributed by atoms with E-state index in [2.05, 4.69) is 4.74 Å². The van der Waals surface area contributed by atoms with E-state index in [1.54, 1.807) is 0 Å². The number of ether oxygens (including phenoxy) is 1. The summed E-state index contributed by atoms with van der Waals surface area (Å²) in [5, 5.41) is 0. The Balaban J connectivity index is 2.33. The van der Waals surface area contributed by atoms with E-state index in [4.69, 9.17) is 5.73 Å². The lowest BCUT2D eigenvalue weighted by atomic mass is 9.87. The van der Waals surface area contributed by atoms with Gasteiger partial charge in [-0.25, -0.2) is 4.79 Å². The molecule has 0 radical (unpaired) electrons. The van der Waals surface area contributed by atoms with Gasteiger partial charge in [-0.15, -0.1) is 0 Å². The van der Waals surface area contributed by atoms with E-state index < -0.39 is 18.2 Å². The molecule has 0 atom stereocenters. The average Bonchev–Trinajstić information content (AvgIpc) is 2.17. The summed E-state index contributed by atoms with van der Waals surface area (Å²) >= 11 is 0. The normalized spacial score (nSPS) is 27.5. The largest absolute Gasteiger partial charge is 0.490 e. The number of rotatable bonds is 2. The number of alkyl halides is 3. The molecule has 88 valence electrons. The molecule has 6 heteroatoms. The summed E-state index contributed by atoms with van der Waals surface area (Å²) in [5.41, 5.74) is 5.43. The lowest BCUT2D eigenvalue weighted by Gasteiger charge is -2.27. The van der Waals surface area contributed by atoms with Gasteiger partial charge in [-0.2, -0.15) is 13.2 Å². The highest BCUT2D eigenvalue weighted by atomic mass is 19.4. The van der Waals surface area contributed by atoms with Gasteiger partial charge in [0.1, 0.15) is 6.10 Å². The Labute approximate surface area is 85.8 Å². The number of nitrogens with two attached hydrogens (primary N) is 1. The summed E-state index contributed by atoms with van der Waals surface area (Å²) in [6.45, 7) is 0.542. The molecular weight excluding hydrogens is 211 g/mol. The molecular formula is C9H14F3NO2. The van der Waals surface area contributed by atoms with Crippen LogP contribution in [0.4, 0.5) is 13.2 Å². The zero-order valence-electron chi connectivity index (χ0n) is 8.22. The summed E-state index contributed by atoms with van der Waals surface area (Å²) in [6, 6.07) is 0. The molecule has 0 aromatic rings. The minimum Gasteiger partial charge on any atom is -0.456 e. The van der Waals surface area contributed by atoms with Gasteiger partial charge in [0.25, 0.3) is 0 Å². The Morgan fingerprint density at radius 3 is 2.20 bits per heavy atom. The molecule has 0 spiro atoms. The van der Waals surface area contributed by atoms with Crippen molar-refractivity contribution in [3.05, 3.63) is 0 Å². The van der Waals surface area contributed by atoms with Crippen LogP contribution >= 0.6 is 0 Å². The fraction of sp³-hybridized carbons (Fsp3) is 0.889. The first-order chi connectivity index (χ1) is 6.93. The second-order valence-corrected chi connectivity index (χ2v) is 3.78. The van der Waals surface area contributed by atoms with Gasteiger partial charge in [0.15, 0.2) is 0 Å². The number of carbonyl (C=O) groups is 1. The monoisotopic (exact) mass is 225 g/mol. The van der Waals surface area contributed by atoms with Gasteiger partial charge < -0.3 is 10.5 Å². The van der Waals surface area contributed by atoms with Crippen molar-refractivity contribution in [3.63, 3.8) is 0 Å². The molecule has 0 aromatic carbocycles. The summed E-state index contributed by atoms with van der Waals surface area (Å²) < 4.78 is 39.9. The molecule has 0 amide bonds. The Morgan fingerprint density at radius 2 is 1.80 bits per heavy atom. The molecule has 1 rings (SSSR count). The number of halogens is 3.